The van der Waals surface area contributed by atoms with Gasteiger partial charge in [-0.3, -0.25) is 5.32 Å². The van der Waals surface area contributed by atoms with Gasteiger partial charge in [0.15, 0.2) is 0 Å². The Hall–Kier alpha value is -0.740. The summed E-state index contributed by atoms with van der Waals surface area (Å²) < 4.78 is 0. The maximum Gasteiger partial charge on any atom is 0.127 e. The summed E-state index contributed by atoms with van der Waals surface area (Å²) in [5, 5.41) is 3.29. The van der Waals surface area contributed by atoms with E-state index >= 15 is 0 Å². The molecule has 0 aliphatic carbocycles. The van der Waals surface area contributed by atoms with Crippen molar-refractivity contribution in [2.24, 2.45) is 5.73 Å². The highest BCUT2D eigenvalue weighted by atomic mass is 15.5. The van der Waals surface area contributed by atoms with Gasteiger partial charge in [-0.1, -0.05) is 13.8 Å². The minimum absolute atomic E-state index is 0.227. The lowest BCUT2D eigenvalue weighted by Gasteiger charge is -2.29. The van der Waals surface area contributed by atoms with Crippen molar-refractivity contribution in [1.82, 2.24) is 16.2 Å². The lowest BCUT2D eigenvalue weighted by Crippen LogP contribution is -2.58. The van der Waals surface area contributed by atoms with Crippen molar-refractivity contribution in [2.45, 2.75) is 25.9 Å². The lowest BCUT2D eigenvalue weighted by atomic mass is 10.1. The fourth-order valence-electron chi connectivity index (χ4n) is 1.30. The highest BCUT2D eigenvalue weighted by Crippen LogP contribution is 2.15. The van der Waals surface area contributed by atoms with Crippen LogP contribution in [0.15, 0.2) is 11.9 Å². The van der Waals surface area contributed by atoms with E-state index in [-0.39, 0.29) is 5.66 Å². The molecule has 0 fully saturated rings. The van der Waals surface area contributed by atoms with Gasteiger partial charge < -0.3 is 11.2 Å². The SMILES string of the molecule is CCNC1(CC)NNC=C1N. The van der Waals surface area contributed by atoms with Crippen LogP contribution in [0.1, 0.15) is 20.3 Å². The molecular weight excluding hydrogens is 140 g/mol. The average molecular weight is 156 g/mol. The molecule has 1 unspecified atom stereocenters. The van der Waals surface area contributed by atoms with Crippen LogP contribution in [0.2, 0.25) is 0 Å². The second-order valence-corrected chi connectivity index (χ2v) is 2.66. The summed E-state index contributed by atoms with van der Waals surface area (Å²) in [7, 11) is 0. The predicted molar refractivity (Wildman–Crippen MR) is 45.2 cm³/mol. The minimum Gasteiger partial charge on any atom is -0.398 e. The third-order valence-electron chi connectivity index (χ3n) is 2.01. The van der Waals surface area contributed by atoms with E-state index in [1.165, 1.54) is 0 Å². The van der Waals surface area contributed by atoms with Gasteiger partial charge in [0.25, 0.3) is 0 Å². The highest BCUT2D eigenvalue weighted by molar-refractivity contribution is 5.18. The fraction of sp³-hybridized carbons (Fsp3) is 0.714. The van der Waals surface area contributed by atoms with E-state index in [0.29, 0.717) is 0 Å². The first kappa shape index (κ1) is 8.36. The van der Waals surface area contributed by atoms with Gasteiger partial charge in [0.1, 0.15) is 5.66 Å². The third kappa shape index (κ3) is 1.32. The van der Waals surface area contributed by atoms with Crippen LogP contribution in [-0.2, 0) is 0 Å². The van der Waals surface area contributed by atoms with Gasteiger partial charge in [-0.2, -0.15) is 0 Å². The molecule has 0 saturated carbocycles. The molecule has 0 amide bonds. The molecule has 0 radical (unpaired) electrons. The Morgan fingerprint density at radius 3 is 2.73 bits per heavy atom. The quantitative estimate of drug-likeness (QED) is 0.449. The molecule has 5 N–H and O–H groups in total. The van der Waals surface area contributed by atoms with Gasteiger partial charge in [-0.25, -0.2) is 5.43 Å². The van der Waals surface area contributed by atoms with Crippen molar-refractivity contribution in [2.75, 3.05) is 6.54 Å². The summed E-state index contributed by atoms with van der Waals surface area (Å²) in [5.41, 5.74) is 12.4. The number of likely N-dealkylation sites (N-methyl/N-ethyl adjacent to an activating group) is 1. The van der Waals surface area contributed by atoms with Crippen molar-refractivity contribution >= 4 is 0 Å². The molecule has 0 spiro atoms. The molecule has 1 aliphatic heterocycles. The van der Waals surface area contributed by atoms with E-state index in [1.54, 1.807) is 6.20 Å². The number of rotatable bonds is 3. The lowest BCUT2D eigenvalue weighted by molar-refractivity contribution is 0.303. The molecule has 1 atom stereocenters. The first-order chi connectivity index (χ1) is 5.25. The molecule has 1 heterocycles. The Kier molecular flexibility index (Phi) is 2.36. The number of nitrogens with one attached hydrogen (secondary N) is 3. The van der Waals surface area contributed by atoms with Gasteiger partial charge in [-0.15, -0.1) is 0 Å². The van der Waals surface area contributed by atoms with E-state index in [9.17, 15) is 0 Å². The summed E-state index contributed by atoms with van der Waals surface area (Å²) in [6.07, 6.45) is 2.71. The summed E-state index contributed by atoms with van der Waals surface area (Å²) in [6.45, 7) is 5.05. The normalized spacial score (nSPS) is 29.8. The molecule has 0 saturated heterocycles. The van der Waals surface area contributed by atoms with E-state index in [1.807, 2.05) is 0 Å². The number of hydrazine groups is 1. The van der Waals surface area contributed by atoms with Crippen LogP contribution in [0, 0.1) is 0 Å². The van der Waals surface area contributed by atoms with Crippen molar-refractivity contribution in [1.29, 1.82) is 0 Å². The molecule has 0 aromatic rings. The highest BCUT2D eigenvalue weighted by Gasteiger charge is 2.32. The Balaban J connectivity index is 2.67. The molecule has 64 valence electrons. The molecule has 4 heteroatoms. The molecule has 1 rings (SSSR count). The van der Waals surface area contributed by atoms with Crippen LogP contribution in [0.4, 0.5) is 0 Å². The fourth-order valence-corrected chi connectivity index (χ4v) is 1.30. The van der Waals surface area contributed by atoms with Crippen molar-refractivity contribution in [3.8, 4) is 0 Å². The van der Waals surface area contributed by atoms with Gasteiger partial charge in [-0.05, 0) is 13.0 Å². The van der Waals surface area contributed by atoms with Crippen molar-refractivity contribution in [3.63, 3.8) is 0 Å². The zero-order chi connectivity index (χ0) is 8.32. The molecule has 4 nitrogen and oxygen atoms in total. The van der Waals surface area contributed by atoms with Gasteiger partial charge in [0.2, 0.25) is 0 Å². The van der Waals surface area contributed by atoms with E-state index in [0.717, 1.165) is 18.7 Å². The van der Waals surface area contributed by atoms with Crippen LogP contribution in [0.5, 0.6) is 0 Å². The first-order valence-electron chi connectivity index (χ1n) is 3.99. The molecule has 1 aliphatic rings. The Morgan fingerprint density at radius 1 is 1.64 bits per heavy atom. The second kappa shape index (κ2) is 3.11. The van der Waals surface area contributed by atoms with E-state index in [2.05, 4.69) is 30.0 Å². The minimum atomic E-state index is -0.227. The van der Waals surface area contributed by atoms with Gasteiger partial charge in [0, 0.05) is 6.20 Å². The Labute approximate surface area is 67.2 Å². The zero-order valence-corrected chi connectivity index (χ0v) is 7.07. The number of hydrogen-bond donors (Lipinski definition) is 4. The summed E-state index contributed by atoms with van der Waals surface area (Å²) in [4.78, 5) is 0. The molecular formula is C7H16N4. The number of hydrogen-bond acceptors (Lipinski definition) is 4. The zero-order valence-electron chi connectivity index (χ0n) is 7.07. The smallest absolute Gasteiger partial charge is 0.127 e. The van der Waals surface area contributed by atoms with Gasteiger partial charge in [0.05, 0.1) is 5.70 Å². The van der Waals surface area contributed by atoms with Crippen molar-refractivity contribution in [3.05, 3.63) is 11.9 Å². The first-order valence-corrected chi connectivity index (χ1v) is 3.99. The van der Waals surface area contributed by atoms with Crippen molar-refractivity contribution < 1.29 is 0 Å². The monoisotopic (exact) mass is 156 g/mol. The maximum absolute atomic E-state index is 5.78. The topological polar surface area (TPSA) is 62.1 Å². The Bertz CT molecular complexity index is 166. The van der Waals surface area contributed by atoms with Crippen LogP contribution in [-0.4, -0.2) is 12.2 Å². The van der Waals surface area contributed by atoms with E-state index < -0.39 is 0 Å². The van der Waals surface area contributed by atoms with Crippen LogP contribution in [0.3, 0.4) is 0 Å². The molecule has 0 aromatic carbocycles. The average Bonchev–Trinajstić information content (AvgIpc) is 2.35. The summed E-state index contributed by atoms with van der Waals surface area (Å²) in [6, 6.07) is 0. The molecule has 0 bridgehead atoms. The van der Waals surface area contributed by atoms with Crippen LogP contribution >= 0.6 is 0 Å². The van der Waals surface area contributed by atoms with Crippen LogP contribution in [0.25, 0.3) is 0 Å². The van der Waals surface area contributed by atoms with E-state index in [4.69, 9.17) is 5.73 Å². The third-order valence-corrected chi connectivity index (χ3v) is 2.01. The van der Waals surface area contributed by atoms with Crippen LogP contribution < -0.4 is 21.9 Å². The Morgan fingerprint density at radius 2 is 2.36 bits per heavy atom. The van der Waals surface area contributed by atoms with Gasteiger partial charge >= 0.3 is 0 Å². The largest absolute Gasteiger partial charge is 0.398 e. The number of nitrogens with two attached hydrogens (primary N) is 1. The summed E-state index contributed by atoms with van der Waals surface area (Å²) >= 11 is 0. The standard InChI is InChI=1S/C7H16N4/c1-3-7(9-4-2)6(8)5-10-11-7/h5,9-11H,3-4,8H2,1-2H3. The molecule has 11 heavy (non-hydrogen) atoms. The predicted octanol–water partition coefficient (Wildman–Crippen LogP) is -0.390. The maximum atomic E-state index is 5.78. The molecule has 0 aromatic heterocycles. The summed E-state index contributed by atoms with van der Waals surface area (Å²) in [5.74, 6) is 0. The second-order valence-electron chi connectivity index (χ2n) is 2.66.